The number of piperidine rings is 1. The van der Waals surface area contributed by atoms with Crippen molar-refractivity contribution >= 4 is 5.91 Å². The Kier molecular flexibility index (Phi) is 5.45. The third kappa shape index (κ3) is 4.25. The van der Waals surface area contributed by atoms with Gasteiger partial charge in [-0.05, 0) is 58.3 Å². The molecule has 0 aromatic carbocycles. The highest BCUT2D eigenvalue weighted by molar-refractivity contribution is 5.75. The molecule has 0 saturated carbocycles. The fourth-order valence-corrected chi connectivity index (χ4v) is 3.02. The Morgan fingerprint density at radius 1 is 1.39 bits per heavy atom. The third-order valence-corrected chi connectivity index (χ3v) is 4.40. The summed E-state index contributed by atoms with van der Waals surface area (Å²) in [4.78, 5) is 14.2. The maximum Gasteiger partial charge on any atom is 0.220 e. The number of nitrogens with one attached hydrogen (secondary N) is 2. The number of hydrogen-bond acceptors (Lipinski definition) is 3. The van der Waals surface area contributed by atoms with E-state index in [0.717, 1.165) is 26.1 Å². The van der Waals surface area contributed by atoms with Gasteiger partial charge in [0.05, 0.1) is 0 Å². The molecule has 4 heteroatoms. The molecule has 0 bridgehead atoms. The van der Waals surface area contributed by atoms with E-state index in [1.165, 1.54) is 32.2 Å². The summed E-state index contributed by atoms with van der Waals surface area (Å²) in [6.07, 6.45) is 6.80. The van der Waals surface area contributed by atoms with Crippen LogP contribution in [-0.4, -0.2) is 50.1 Å². The van der Waals surface area contributed by atoms with E-state index in [1.807, 2.05) is 0 Å². The lowest BCUT2D eigenvalue weighted by Gasteiger charge is -2.32. The van der Waals surface area contributed by atoms with Crippen molar-refractivity contribution in [3.63, 3.8) is 0 Å². The van der Waals surface area contributed by atoms with Crippen LogP contribution in [0.3, 0.4) is 0 Å². The van der Waals surface area contributed by atoms with Crippen molar-refractivity contribution in [2.45, 2.75) is 44.6 Å². The first kappa shape index (κ1) is 13.8. The minimum Gasteiger partial charge on any atom is -0.355 e. The van der Waals surface area contributed by atoms with Crippen LogP contribution in [0.15, 0.2) is 0 Å². The molecule has 2 aliphatic heterocycles. The van der Waals surface area contributed by atoms with E-state index in [9.17, 15) is 4.79 Å². The summed E-state index contributed by atoms with van der Waals surface area (Å²) in [6, 6.07) is 0.552. The van der Waals surface area contributed by atoms with Crippen molar-refractivity contribution in [2.24, 2.45) is 5.92 Å². The van der Waals surface area contributed by atoms with Gasteiger partial charge in [-0.25, -0.2) is 0 Å². The van der Waals surface area contributed by atoms with Crippen molar-refractivity contribution in [1.29, 1.82) is 0 Å². The summed E-state index contributed by atoms with van der Waals surface area (Å²) >= 11 is 0. The zero-order chi connectivity index (χ0) is 12.8. The molecule has 2 N–H and O–H groups in total. The van der Waals surface area contributed by atoms with Crippen molar-refractivity contribution in [2.75, 3.05) is 33.2 Å². The molecule has 2 saturated heterocycles. The zero-order valence-electron chi connectivity index (χ0n) is 11.6. The normalized spacial score (nSPS) is 29.4. The lowest BCUT2D eigenvalue weighted by Crippen LogP contribution is -2.44. The van der Waals surface area contributed by atoms with E-state index in [4.69, 9.17) is 0 Å². The number of likely N-dealkylation sites (tertiary alicyclic amines) is 1. The van der Waals surface area contributed by atoms with Gasteiger partial charge in [0.2, 0.25) is 5.91 Å². The van der Waals surface area contributed by atoms with Gasteiger partial charge < -0.3 is 15.5 Å². The first-order valence-electron chi connectivity index (χ1n) is 7.43. The smallest absolute Gasteiger partial charge is 0.220 e. The molecule has 0 aliphatic carbocycles. The van der Waals surface area contributed by atoms with Gasteiger partial charge >= 0.3 is 0 Å². The Labute approximate surface area is 110 Å². The summed E-state index contributed by atoms with van der Waals surface area (Å²) < 4.78 is 0. The highest BCUT2D eigenvalue weighted by atomic mass is 16.1. The van der Waals surface area contributed by atoms with E-state index < -0.39 is 0 Å². The van der Waals surface area contributed by atoms with Crippen LogP contribution in [0.25, 0.3) is 0 Å². The molecule has 2 fully saturated rings. The molecular formula is C14H27N3O. The minimum absolute atomic E-state index is 0.237. The molecule has 4 nitrogen and oxygen atoms in total. The van der Waals surface area contributed by atoms with Crippen LogP contribution in [0.1, 0.15) is 38.5 Å². The molecule has 1 amide bonds. The van der Waals surface area contributed by atoms with E-state index >= 15 is 0 Å². The van der Waals surface area contributed by atoms with Crippen LogP contribution >= 0.6 is 0 Å². The van der Waals surface area contributed by atoms with Crippen LogP contribution in [0.5, 0.6) is 0 Å². The molecule has 0 radical (unpaired) electrons. The number of carbonyl (C=O) groups excluding carboxylic acids is 1. The van der Waals surface area contributed by atoms with Gasteiger partial charge in [-0.15, -0.1) is 0 Å². The summed E-state index contributed by atoms with van der Waals surface area (Å²) in [6.45, 7) is 4.23. The third-order valence-electron chi connectivity index (χ3n) is 4.40. The molecule has 0 aromatic rings. The van der Waals surface area contributed by atoms with E-state index in [2.05, 4.69) is 22.6 Å². The van der Waals surface area contributed by atoms with E-state index in [1.54, 1.807) is 0 Å². The Hall–Kier alpha value is -0.610. The SMILES string of the molecule is CN1CCCCC1CNC(=O)CCC1CCNC1. The quantitative estimate of drug-likeness (QED) is 0.767. The molecule has 18 heavy (non-hydrogen) atoms. The second-order valence-corrected chi connectivity index (χ2v) is 5.83. The van der Waals surface area contributed by atoms with Crippen LogP contribution in [0.4, 0.5) is 0 Å². The summed E-state index contributed by atoms with van der Waals surface area (Å²) in [7, 11) is 2.17. The second kappa shape index (κ2) is 7.10. The first-order chi connectivity index (χ1) is 8.75. The number of amides is 1. The molecule has 2 aliphatic rings. The standard InChI is InChI=1S/C14H27N3O/c1-17-9-3-2-4-13(17)11-16-14(18)6-5-12-7-8-15-10-12/h12-13,15H,2-11H2,1H3,(H,16,18). The minimum atomic E-state index is 0.237. The largest absolute Gasteiger partial charge is 0.355 e. The van der Waals surface area contributed by atoms with Crippen molar-refractivity contribution < 1.29 is 4.79 Å². The average Bonchev–Trinajstić information content (AvgIpc) is 2.88. The molecule has 2 atom stereocenters. The monoisotopic (exact) mass is 253 g/mol. The topological polar surface area (TPSA) is 44.4 Å². The first-order valence-corrected chi connectivity index (χ1v) is 7.43. The Bertz CT molecular complexity index is 264. The number of likely N-dealkylation sites (N-methyl/N-ethyl adjacent to an activating group) is 1. The second-order valence-electron chi connectivity index (χ2n) is 5.83. The lowest BCUT2D eigenvalue weighted by atomic mass is 10.0. The van der Waals surface area contributed by atoms with Crippen LogP contribution < -0.4 is 10.6 Å². The lowest BCUT2D eigenvalue weighted by molar-refractivity contribution is -0.121. The van der Waals surface area contributed by atoms with Crippen LogP contribution in [0.2, 0.25) is 0 Å². The molecule has 0 aromatic heterocycles. The number of rotatable bonds is 5. The maximum atomic E-state index is 11.8. The van der Waals surface area contributed by atoms with Gasteiger partial charge in [0.15, 0.2) is 0 Å². The molecule has 2 heterocycles. The molecular weight excluding hydrogens is 226 g/mol. The Morgan fingerprint density at radius 2 is 2.28 bits per heavy atom. The number of carbonyl (C=O) groups is 1. The van der Waals surface area contributed by atoms with Gasteiger partial charge in [-0.2, -0.15) is 0 Å². The van der Waals surface area contributed by atoms with Crippen LogP contribution in [-0.2, 0) is 4.79 Å². The predicted octanol–water partition coefficient (Wildman–Crippen LogP) is 0.977. The molecule has 2 unspecified atom stereocenters. The van der Waals surface area contributed by atoms with Gasteiger partial charge in [-0.3, -0.25) is 4.79 Å². The average molecular weight is 253 g/mol. The Balaban J connectivity index is 1.58. The summed E-state index contributed by atoms with van der Waals surface area (Å²) in [5.74, 6) is 0.953. The fraction of sp³-hybridized carbons (Fsp3) is 0.929. The Morgan fingerprint density at radius 3 is 3.00 bits per heavy atom. The summed E-state index contributed by atoms with van der Waals surface area (Å²) in [5.41, 5.74) is 0. The van der Waals surface area contributed by atoms with Gasteiger partial charge in [0.1, 0.15) is 0 Å². The van der Waals surface area contributed by atoms with Gasteiger partial charge in [0, 0.05) is 19.0 Å². The number of hydrogen-bond donors (Lipinski definition) is 2. The van der Waals surface area contributed by atoms with Crippen LogP contribution in [0, 0.1) is 5.92 Å². The van der Waals surface area contributed by atoms with Gasteiger partial charge in [0.25, 0.3) is 0 Å². The summed E-state index contributed by atoms with van der Waals surface area (Å²) in [5, 5.41) is 6.45. The van der Waals surface area contributed by atoms with E-state index in [0.29, 0.717) is 18.4 Å². The fourth-order valence-electron chi connectivity index (χ4n) is 3.02. The van der Waals surface area contributed by atoms with Crippen molar-refractivity contribution in [3.8, 4) is 0 Å². The maximum absolute atomic E-state index is 11.8. The van der Waals surface area contributed by atoms with Gasteiger partial charge in [-0.1, -0.05) is 6.42 Å². The molecule has 104 valence electrons. The van der Waals surface area contributed by atoms with Crippen molar-refractivity contribution in [1.82, 2.24) is 15.5 Å². The predicted molar refractivity (Wildman–Crippen MR) is 73.5 cm³/mol. The van der Waals surface area contributed by atoms with E-state index in [-0.39, 0.29) is 5.91 Å². The number of nitrogens with zero attached hydrogens (tertiary/aromatic N) is 1. The highest BCUT2D eigenvalue weighted by Gasteiger charge is 2.20. The molecule has 0 spiro atoms. The highest BCUT2D eigenvalue weighted by Crippen LogP contribution is 2.15. The van der Waals surface area contributed by atoms with Crippen molar-refractivity contribution in [3.05, 3.63) is 0 Å². The zero-order valence-corrected chi connectivity index (χ0v) is 11.6. The molecule has 2 rings (SSSR count).